The quantitative estimate of drug-likeness (QED) is 0.849. The SMILES string of the molecule is CC/C(F)=C(/CC)[Se]c1ccc(C(=O)O)cc1. The number of allylic oxidation sites excluding steroid dienone is 2. The van der Waals surface area contributed by atoms with Crippen LogP contribution in [0.5, 0.6) is 0 Å². The van der Waals surface area contributed by atoms with Crippen molar-refractivity contribution in [1.82, 2.24) is 0 Å². The second-order valence-corrected chi connectivity index (χ2v) is 5.92. The predicted octanol–water partition coefficient (Wildman–Crippen LogP) is 2.72. The van der Waals surface area contributed by atoms with E-state index in [1.807, 2.05) is 6.92 Å². The standard InChI is InChI=1S/C13H15FO2Se/c1-3-11(14)12(4-2)17-10-7-5-9(6-8-10)13(15)16/h5-8H,3-4H2,1-2H3,(H,15,16)/b12-11+. The number of rotatable bonds is 5. The third kappa shape index (κ3) is 3.99. The Morgan fingerprint density at radius 3 is 2.24 bits per heavy atom. The maximum atomic E-state index is 13.5. The Hall–Kier alpha value is -1.12. The second kappa shape index (κ2) is 6.57. The Morgan fingerprint density at radius 1 is 1.24 bits per heavy atom. The summed E-state index contributed by atoms with van der Waals surface area (Å²) in [5, 5.41) is 8.77. The fraction of sp³-hybridized carbons (Fsp3) is 0.308. The number of hydrogen-bond acceptors (Lipinski definition) is 1. The number of carboxylic acids is 1. The number of hydrogen-bond donors (Lipinski definition) is 1. The summed E-state index contributed by atoms with van der Waals surface area (Å²) in [4.78, 5) is 10.7. The van der Waals surface area contributed by atoms with E-state index in [-0.39, 0.29) is 26.3 Å². The molecule has 0 saturated heterocycles. The van der Waals surface area contributed by atoms with Crippen LogP contribution in [-0.2, 0) is 0 Å². The molecule has 0 heterocycles. The van der Waals surface area contributed by atoms with E-state index in [0.717, 1.165) is 8.93 Å². The van der Waals surface area contributed by atoms with Crippen molar-refractivity contribution in [3.8, 4) is 0 Å². The van der Waals surface area contributed by atoms with E-state index >= 15 is 0 Å². The van der Waals surface area contributed by atoms with Crippen molar-refractivity contribution < 1.29 is 14.3 Å². The Bertz CT molecular complexity index is 424. The summed E-state index contributed by atoms with van der Waals surface area (Å²) < 4.78 is 15.3. The van der Waals surface area contributed by atoms with E-state index in [1.165, 1.54) is 0 Å². The minimum atomic E-state index is -0.935. The monoisotopic (exact) mass is 302 g/mol. The molecule has 92 valence electrons. The zero-order valence-electron chi connectivity index (χ0n) is 9.87. The van der Waals surface area contributed by atoms with Gasteiger partial charge < -0.3 is 0 Å². The molecule has 4 heteroatoms. The van der Waals surface area contributed by atoms with Crippen molar-refractivity contribution >= 4 is 25.4 Å². The van der Waals surface area contributed by atoms with Crippen LogP contribution in [0, 0.1) is 0 Å². The molecule has 0 bridgehead atoms. The summed E-state index contributed by atoms with van der Waals surface area (Å²) in [7, 11) is 0. The summed E-state index contributed by atoms with van der Waals surface area (Å²) in [6.07, 6.45) is 1.14. The number of carboxylic acid groups (broad SMARTS) is 1. The van der Waals surface area contributed by atoms with Gasteiger partial charge in [0.05, 0.1) is 0 Å². The molecule has 0 aromatic heterocycles. The van der Waals surface area contributed by atoms with Crippen LogP contribution in [0.25, 0.3) is 0 Å². The third-order valence-electron chi connectivity index (χ3n) is 2.28. The van der Waals surface area contributed by atoms with Crippen LogP contribution < -0.4 is 4.46 Å². The van der Waals surface area contributed by atoms with Gasteiger partial charge in [-0.2, -0.15) is 0 Å². The molecule has 0 fully saturated rings. The van der Waals surface area contributed by atoms with Gasteiger partial charge in [0.15, 0.2) is 0 Å². The van der Waals surface area contributed by atoms with Crippen LogP contribution in [0.2, 0.25) is 0 Å². The predicted molar refractivity (Wildman–Crippen MR) is 67.5 cm³/mol. The van der Waals surface area contributed by atoms with Gasteiger partial charge in [0.25, 0.3) is 0 Å². The zero-order chi connectivity index (χ0) is 12.8. The van der Waals surface area contributed by atoms with Crippen LogP contribution >= 0.6 is 0 Å². The molecule has 0 aliphatic carbocycles. The van der Waals surface area contributed by atoms with Gasteiger partial charge in [0.1, 0.15) is 0 Å². The first-order chi connectivity index (χ1) is 8.08. The fourth-order valence-corrected chi connectivity index (χ4v) is 3.33. The fourth-order valence-electron chi connectivity index (χ4n) is 1.32. The summed E-state index contributed by atoms with van der Waals surface area (Å²) in [6.45, 7) is 3.74. The molecule has 0 aliphatic rings. The third-order valence-corrected chi connectivity index (χ3v) is 4.93. The van der Waals surface area contributed by atoms with Crippen molar-refractivity contribution in [3.63, 3.8) is 0 Å². The molecule has 0 radical (unpaired) electrons. The molecule has 0 amide bonds. The molecule has 0 saturated carbocycles. The molecule has 0 aliphatic heterocycles. The molecule has 1 aromatic rings. The van der Waals surface area contributed by atoms with E-state index in [0.29, 0.717) is 12.8 Å². The second-order valence-electron chi connectivity index (χ2n) is 3.47. The van der Waals surface area contributed by atoms with Gasteiger partial charge >= 0.3 is 106 Å². The van der Waals surface area contributed by atoms with Gasteiger partial charge in [-0.25, -0.2) is 0 Å². The Morgan fingerprint density at radius 2 is 1.82 bits per heavy atom. The summed E-state index contributed by atoms with van der Waals surface area (Å²) in [5.74, 6) is -0.968. The van der Waals surface area contributed by atoms with Crippen molar-refractivity contribution in [3.05, 3.63) is 40.1 Å². The van der Waals surface area contributed by atoms with Crippen molar-refractivity contribution in [2.24, 2.45) is 0 Å². The van der Waals surface area contributed by atoms with Crippen molar-refractivity contribution in [2.75, 3.05) is 0 Å². The van der Waals surface area contributed by atoms with Crippen molar-refractivity contribution in [2.45, 2.75) is 26.7 Å². The molecule has 1 rings (SSSR count). The van der Waals surface area contributed by atoms with Gasteiger partial charge in [-0.15, -0.1) is 0 Å². The molecular weight excluding hydrogens is 286 g/mol. The van der Waals surface area contributed by atoms with Crippen LogP contribution in [-0.4, -0.2) is 26.0 Å². The molecular formula is C13H15FO2Se. The summed E-state index contributed by atoms with van der Waals surface area (Å²) >= 11 is -0.0497. The average molecular weight is 301 g/mol. The maximum absolute atomic E-state index is 13.5. The van der Waals surface area contributed by atoms with Gasteiger partial charge in [0.2, 0.25) is 0 Å². The molecule has 0 spiro atoms. The Labute approximate surface area is 107 Å². The van der Waals surface area contributed by atoms with E-state index in [9.17, 15) is 9.18 Å². The molecule has 1 aromatic carbocycles. The molecule has 0 atom stereocenters. The average Bonchev–Trinajstić information content (AvgIpc) is 2.35. The zero-order valence-corrected chi connectivity index (χ0v) is 11.6. The molecule has 1 N–H and O–H groups in total. The van der Waals surface area contributed by atoms with Gasteiger partial charge in [-0.3, -0.25) is 0 Å². The molecule has 2 nitrogen and oxygen atoms in total. The van der Waals surface area contributed by atoms with Crippen LogP contribution in [0.15, 0.2) is 34.6 Å². The number of aromatic carboxylic acids is 1. The summed E-state index contributed by atoms with van der Waals surface area (Å²) in [5.41, 5.74) is 0.266. The van der Waals surface area contributed by atoms with Crippen LogP contribution in [0.1, 0.15) is 37.0 Å². The number of carbonyl (C=O) groups is 1. The molecule has 0 unspecified atom stereocenters. The Kier molecular flexibility index (Phi) is 5.39. The normalized spacial score (nSPS) is 12.2. The van der Waals surface area contributed by atoms with E-state index in [1.54, 1.807) is 31.2 Å². The topological polar surface area (TPSA) is 37.3 Å². The van der Waals surface area contributed by atoms with Crippen molar-refractivity contribution in [1.29, 1.82) is 0 Å². The first-order valence-corrected chi connectivity index (χ1v) is 7.18. The van der Waals surface area contributed by atoms with Gasteiger partial charge in [0, 0.05) is 0 Å². The summed E-state index contributed by atoms with van der Waals surface area (Å²) in [6, 6.07) is 6.66. The van der Waals surface area contributed by atoms with Crippen LogP contribution in [0.4, 0.5) is 4.39 Å². The molecule has 17 heavy (non-hydrogen) atoms. The van der Waals surface area contributed by atoms with E-state index < -0.39 is 5.97 Å². The first-order valence-electron chi connectivity index (χ1n) is 5.47. The number of benzene rings is 1. The van der Waals surface area contributed by atoms with E-state index in [2.05, 4.69) is 0 Å². The minimum absolute atomic E-state index is 0.0326. The van der Waals surface area contributed by atoms with E-state index in [4.69, 9.17) is 5.11 Å². The first kappa shape index (κ1) is 13.9. The number of halogens is 1. The van der Waals surface area contributed by atoms with Gasteiger partial charge in [-0.1, -0.05) is 0 Å². The van der Waals surface area contributed by atoms with Gasteiger partial charge in [-0.05, 0) is 0 Å². The van der Waals surface area contributed by atoms with Crippen LogP contribution in [0.3, 0.4) is 0 Å². The Balaban J connectivity index is 2.85.